The highest BCUT2D eigenvalue weighted by atomic mass is 16.5. The molecule has 1 amide bonds. The minimum absolute atomic E-state index is 0.147. The normalized spacial score (nSPS) is 31.2. The number of likely N-dealkylation sites (tertiary alicyclic amines) is 1. The molecule has 1 heterocycles. The fourth-order valence-electron chi connectivity index (χ4n) is 4.20. The van der Waals surface area contributed by atoms with Gasteiger partial charge in [0.2, 0.25) is 0 Å². The minimum atomic E-state index is -0.147. The van der Waals surface area contributed by atoms with Gasteiger partial charge in [-0.05, 0) is 37.5 Å². The van der Waals surface area contributed by atoms with Crippen molar-refractivity contribution in [3.63, 3.8) is 0 Å². The van der Waals surface area contributed by atoms with E-state index in [2.05, 4.69) is 5.32 Å². The number of carbonyl (C=O) groups is 1. The molecule has 0 spiro atoms. The van der Waals surface area contributed by atoms with Crippen LogP contribution in [0.2, 0.25) is 0 Å². The zero-order valence-electron chi connectivity index (χ0n) is 13.4. The second-order valence-electron chi connectivity index (χ2n) is 7.35. The van der Waals surface area contributed by atoms with Gasteiger partial charge in [-0.2, -0.15) is 0 Å². The summed E-state index contributed by atoms with van der Waals surface area (Å²) in [6.45, 7) is 1.72. The van der Waals surface area contributed by atoms with Crippen LogP contribution in [-0.2, 0) is 4.74 Å². The number of rotatable bonds is 4. The van der Waals surface area contributed by atoms with E-state index >= 15 is 0 Å². The molecule has 2 atom stereocenters. The number of nitrogens with zero attached hydrogens (tertiary/aromatic N) is 1. The van der Waals surface area contributed by atoms with E-state index in [9.17, 15) is 4.79 Å². The molecule has 0 aromatic heterocycles. The maximum absolute atomic E-state index is 11.9. The van der Waals surface area contributed by atoms with Gasteiger partial charge in [0.1, 0.15) is 0 Å². The SMILES string of the molecule is COC(=O)N1CC(CC2CC2)CC(NC2CCCCC2)C1. The average molecular weight is 294 g/mol. The molecular formula is C17H30N2O2. The summed E-state index contributed by atoms with van der Waals surface area (Å²) in [5.41, 5.74) is 0. The Hall–Kier alpha value is -0.770. The Kier molecular flexibility index (Phi) is 5.04. The fraction of sp³-hybridized carbons (Fsp3) is 0.941. The minimum Gasteiger partial charge on any atom is -0.453 e. The Bertz CT molecular complexity index is 351. The standard InChI is InChI=1S/C17H30N2O2/c1-21-17(20)19-11-14(9-13-7-8-13)10-16(12-19)18-15-5-3-2-4-6-15/h13-16,18H,2-12H2,1H3. The molecule has 2 unspecified atom stereocenters. The fourth-order valence-corrected chi connectivity index (χ4v) is 4.20. The summed E-state index contributed by atoms with van der Waals surface area (Å²) in [5, 5.41) is 3.84. The third kappa shape index (κ3) is 4.35. The van der Waals surface area contributed by atoms with Crippen LogP contribution in [0, 0.1) is 11.8 Å². The molecule has 3 fully saturated rings. The molecule has 0 aromatic carbocycles. The highest BCUT2D eigenvalue weighted by molar-refractivity contribution is 5.67. The van der Waals surface area contributed by atoms with E-state index in [1.54, 1.807) is 0 Å². The van der Waals surface area contributed by atoms with E-state index in [0.717, 1.165) is 19.0 Å². The average Bonchev–Trinajstić information content (AvgIpc) is 3.31. The molecule has 1 saturated heterocycles. The zero-order chi connectivity index (χ0) is 14.7. The molecule has 3 aliphatic rings. The Balaban J connectivity index is 1.56. The second-order valence-corrected chi connectivity index (χ2v) is 7.35. The topological polar surface area (TPSA) is 41.6 Å². The maximum Gasteiger partial charge on any atom is 0.409 e. The van der Waals surface area contributed by atoms with Crippen LogP contribution >= 0.6 is 0 Å². The Morgan fingerprint density at radius 3 is 2.48 bits per heavy atom. The van der Waals surface area contributed by atoms with Crippen molar-refractivity contribution in [3.8, 4) is 0 Å². The number of hydrogen-bond acceptors (Lipinski definition) is 3. The number of nitrogens with one attached hydrogen (secondary N) is 1. The third-order valence-corrected chi connectivity index (χ3v) is 5.41. The van der Waals surface area contributed by atoms with Gasteiger partial charge in [-0.15, -0.1) is 0 Å². The lowest BCUT2D eigenvalue weighted by Gasteiger charge is -2.39. The Labute approximate surface area is 128 Å². The molecule has 3 rings (SSSR count). The molecule has 21 heavy (non-hydrogen) atoms. The van der Waals surface area contributed by atoms with Gasteiger partial charge in [0.15, 0.2) is 0 Å². The van der Waals surface area contributed by atoms with Gasteiger partial charge in [-0.25, -0.2) is 4.79 Å². The van der Waals surface area contributed by atoms with Gasteiger partial charge in [0, 0.05) is 25.2 Å². The first-order valence-electron chi connectivity index (χ1n) is 8.83. The van der Waals surface area contributed by atoms with Crippen LogP contribution in [0.25, 0.3) is 0 Å². The first kappa shape index (κ1) is 15.1. The zero-order valence-corrected chi connectivity index (χ0v) is 13.4. The summed E-state index contributed by atoms with van der Waals surface area (Å²) in [7, 11) is 1.50. The number of amides is 1. The molecule has 1 N–H and O–H groups in total. The van der Waals surface area contributed by atoms with Crippen LogP contribution in [0.15, 0.2) is 0 Å². The molecule has 0 bridgehead atoms. The third-order valence-electron chi connectivity index (χ3n) is 5.41. The highest BCUT2D eigenvalue weighted by Gasteiger charge is 2.34. The van der Waals surface area contributed by atoms with E-state index in [4.69, 9.17) is 4.74 Å². The first-order chi connectivity index (χ1) is 10.2. The van der Waals surface area contributed by atoms with Crippen molar-refractivity contribution in [2.45, 2.75) is 69.9 Å². The van der Waals surface area contributed by atoms with Gasteiger partial charge in [-0.1, -0.05) is 32.1 Å². The van der Waals surface area contributed by atoms with Gasteiger partial charge < -0.3 is 15.0 Å². The predicted molar refractivity (Wildman–Crippen MR) is 83.2 cm³/mol. The largest absolute Gasteiger partial charge is 0.453 e. The van der Waals surface area contributed by atoms with E-state index in [1.165, 1.54) is 64.9 Å². The van der Waals surface area contributed by atoms with Crippen LogP contribution < -0.4 is 5.32 Å². The van der Waals surface area contributed by atoms with Crippen molar-refractivity contribution < 1.29 is 9.53 Å². The van der Waals surface area contributed by atoms with Gasteiger partial charge in [-0.3, -0.25) is 0 Å². The number of methoxy groups -OCH3 is 1. The molecule has 4 nitrogen and oxygen atoms in total. The lowest BCUT2D eigenvalue weighted by Crippen LogP contribution is -2.53. The van der Waals surface area contributed by atoms with E-state index in [1.807, 2.05) is 4.90 Å². The second kappa shape index (κ2) is 6.99. The molecular weight excluding hydrogens is 264 g/mol. The lowest BCUT2D eigenvalue weighted by molar-refractivity contribution is 0.0845. The first-order valence-corrected chi connectivity index (χ1v) is 8.83. The number of piperidine rings is 1. The summed E-state index contributed by atoms with van der Waals surface area (Å²) >= 11 is 0. The summed E-state index contributed by atoms with van der Waals surface area (Å²) in [4.78, 5) is 13.9. The molecule has 1 aliphatic heterocycles. The van der Waals surface area contributed by atoms with Crippen molar-refractivity contribution in [2.24, 2.45) is 11.8 Å². The quantitative estimate of drug-likeness (QED) is 0.866. The summed E-state index contributed by atoms with van der Waals surface area (Å²) in [6.07, 6.45) is 11.9. The van der Waals surface area contributed by atoms with Crippen LogP contribution in [0.5, 0.6) is 0 Å². The van der Waals surface area contributed by atoms with E-state index in [0.29, 0.717) is 18.0 Å². The number of ether oxygens (including phenoxy) is 1. The lowest BCUT2D eigenvalue weighted by atomic mass is 9.88. The highest BCUT2D eigenvalue weighted by Crippen LogP contribution is 2.38. The van der Waals surface area contributed by atoms with Crippen LogP contribution in [-0.4, -0.2) is 43.3 Å². The number of hydrogen-bond donors (Lipinski definition) is 1. The molecule has 0 radical (unpaired) electrons. The smallest absolute Gasteiger partial charge is 0.409 e. The monoisotopic (exact) mass is 294 g/mol. The Morgan fingerprint density at radius 2 is 1.81 bits per heavy atom. The molecule has 2 saturated carbocycles. The van der Waals surface area contributed by atoms with Crippen molar-refractivity contribution in [1.29, 1.82) is 0 Å². The molecule has 120 valence electrons. The van der Waals surface area contributed by atoms with Gasteiger partial charge >= 0.3 is 6.09 Å². The van der Waals surface area contributed by atoms with E-state index in [-0.39, 0.29) is 6.09 Å². The van der Waals surface area contributed by atoms with Gasteiger partial charge in [0.25, 0.3) is 0 Å². The summed E-state index contributed by atoms with van der Waals surface area (Å²) < 4.78 is 4.96. The van der Waals surface area contributed by atoms with Crippen LogP contribution in [0.1, 0.15) is 57.8 Å². The summed E-state index contributed by atoms with van der Waals surface area (Å²) in [5.74, 6) is 1.59. The van der Waals surface area contributed by atoms with Crippen LogP contribution in [0.4, 0.5) is 4.79 Å². The van der Waals surface area contributed by atoms with Crippen LogP contribution in [0.3, 0.4) is 0 Å². The predicted octanol–water partition coefficient (Wildman–Crippen LogP) is 3.17. The Morgan fingerprint density at radius 1 is 1.05 bits per heavy atom. The van der Waals surface area contributed by atoms with Crippen molar-refractivity contribution in [3.05, 3.63) is 0 Å². The van der Waals surface area contributed by atoms with Crippen molar-refractivity contribution in [2.75, 3.05) is 20.2 Å². The summed E-state index contributed by atoms with van der Waals surface area (Å²) in [6, 6.07) is 1.13. The van der Waals surface area contributed by atoms with Crippen molar-refractivity contribution in [1.82, 2.24) is 10.2 Å². The number of carbonyl (C=O) groups excluding carboxylic acids is 1. The van der Waals surface area contributed by atoms with Crippen molar-refractivity contribution >= 4 is 6.09 Å². The van der Waals surface area contributed by atoms with Gasteiger partial charge in [0.05, 0.1) is 7.11 Å². The maximum atomic E-state index is 11.9. The molecule has 2 aliphatic carbocycles. The molecule has 4 heteroatoms. The van der Waals surface area contributed by atoms with E-state index < -0.39 is 0 Å². The molecule has 0 aromatic rings.